The van der Waals surface area contributed by atoms with Crippen LogP contribution >= 0.6 is 11.3 Å². The number of hydrogen-bond acceptors (Lipinski definition) is 6. The Labute approximate surface area is 157 Å². The summed E-state index contributed by atoms with van der Waals surface area (Å²) in [7, 11) is -1.14. The molecule has 1 saturated heterocycles. The van der Waals surface area contributed by atoms with Crippen LogP contribution in [-0.4, -0.2) is 57.0 Å². The predicted octanol–water partition coefficient (Wildman–Crippen LogP) is 2.92. The second-order valence-electron chi connectivity index (χ2n) is 7.90. The number of carbonyl (C=O) groups excluding carboxylic acids is 1. The second-order valence-corrected chi connectivity index (χ2v) is 14.4. The molecule has 4 rings (SSSR count). The average molecular weight is 394 g/mol. The minimum atomic E-state index is -1.14. The number of aromatic nitrogens is 3. The van der Waals surface area contributed by atoms with E-state index in [9.17, 15) is 10.0 Å². The van der Waals surface area contributed by atoms with E-state index in [2.05, 4.69) is 29.6 Å². The Balaban J connectivity index is 1.57. The van der Waals surface area contributed by atoms with Crippen molar-refractivity contribution in [1.82, 2.24) is 24.5 Å². The van der Waals surface area contributed by atoms with Crippen molar-refractivity contribution < 1.29 is 14.7 Å². The Hall–Kier alpha value is -1.75. The third kappa shape index (κ3) is 2.96. The topological polar surface area (TPSA) is 83.7 Å². The van der Waals surface area contributed by atoms with E-state index >= 15 is 0 Å². The van der Waals surface area contributed by atoms with Gasteiger partial charge in [-0.3, -0.25) is 5.21 Å². The smallest absolute Gasteiger partial charge is 0.345 e. The molecule has 0 saturated carbocycles. The van der Waals surface area contributed by atoms with Crippen molar-refractivity contribution in [3.8, 4) is 0 Å². The molecule has 2 aliphatic rings. The van der Waals surface area contributed by atoms with Gasteiger partial charge in [-0.2, -0.15) is 5.06 Å². The molecule has 0 aromatic carbocycles. The summed E-state index contributed by atoms with van der Waals surface area (Å²) < 4.78 is 7.78. The Morgan fingerprint density at radius 1 is 1.38 bits per heavy atom. The monoisotopic (exact) mass is 393 g/mol. The number of carbonyl (C=O) groups is 1. The zero-order chi connectivity index (χ0) is 18.5. The Bertz CT molecular complexity index is 817. The van der Waals surface area contributed by atoms with Crippen LogP contribution in [0.2, 0.25) is 25.7 Å². The summed E-state index contributed by atoms with van der Waals surface area (Å²) in [5.74, 6) is 0.715. The zero-order valence-corrected chi connectivity index (χ0v) is 16.9. The standard InChI is InChI=1S/C16H23N5O3SSi/c1-26(2,3)7-6-24-10-19-5-4-17-15(19)13-12-14(25-9-18-12)11-8-20(13)16(22)21(11)23/h4-5,9,11,13,23H,6-8,10H2,1-3H3/t11-,13+/m1/s1. The van der Waals surface area contributed by atoms with E-state index in [0.29, 0.717) is 19.1 Å². The molecule has 8 nitrogen and oxygen atoms in total. The van der Waals surface area contributed by atoms with E-state index in [-0.39, 0.29) is 6.04 Å². The first-order chi connectivity index (χ1) is 12.4. The molecule has 2 atom stereocenters. The van der Waals surface area contributed by atoms with E-state index < -0.39 is 20.1 Å². The summed E-state index contributed by atoms with van der Waals surface area (Å²) in [6, 6.07) is -0.0348. The van der Waals surface area contributed by atoms with Gasteiger partial charge >= 0.3 is 6.03 Å². The molecule has 10 heteroatoms. The molecule has 1 fully saturated rings. The maximum Gasteiger partial charge on any atom is 0.345 e. The lowest BCUT2D eigenvalue weighted by atomic mass is 10.0. The molecule has 2 aromatic heterocycles. The molecule has 26 heavy (non-hydrogen) atoms. The van der Waals surface area contributed by atoms with Gasteiger partial charge in [-0.15, -0.1) is 11.3 Å². The Morgan fingerprint density at radius 2 is 2.19 bits per heavy atom. The summed E-state index contributed by atoms with van der Waals surface area (Å²) in [5, 5.41) is 11.0. The number of hydroxylamine groups is 2. The highest BCUT2D eigenvalue weighted by Gasteiger charge is 2.50. The largest absolute Gasteiger partial charge is 0.361 e. The van der Waals surface area contributed by atoms with Crippen molar-refractivity contribution >= 4 is 25.4 Å². The van der Waals surface area contributed by atoms with Crippen LogP contribution in [0.4, 0.5) is 4.79 Å². The van der Waals surface area contributed by atoms with Gasteiger partial charge in [0, 0.05) is 27.1 Å². The van der Waals surface area contributed by atoms with Crippen molar-refractivity contribution in [3.05, 3.63) is 34.3 Å². The number of thiazole rings is 1. The highest BCUT2D eigenvalue weighted by Crippen LogP contribution is 2.46. The third-order valence-electron chi connectivity index (χ3n) is 4.82. The van der Waals surface area contributed by atoms with Gasteiger partial charge in [-0.05, 0) is 6.04 Å². The molecule has 140 valence electrons. The second kappa shape index (κ2) is 6.45. The van der Waals surface area contributed by atoms with Gasteiger partial charge in [0.2, 0.25) is 0 Å². The summed E-state index contributed by atoms with van der Waals surface area (Å²) in [6.45, 7) is 8.51. The van der Waals surface area contributed by atoms with Crippen LogP contribution in [0.15, 0.2) is 17.9 Å². The average Bonchev–Trinajstić information content (AvgIpc) is 3.28. The maximum absolute atomic E-state index is 12.5. The molecule has 2 amide bonds. The molecule has 0 unspecified atom stereocenters. The van der Waals surface area contributed by atoms with Crippen molar-refractivity contribution in [2.24, 2.45) is 0 Å². The Morgan fingerprint density at radius 3 is 2.96 bits per heavy atom. The van der Waals surface area contributed by atoms with Crippen LogP contribution in [0.25, 0.3) is 0 Å². The minimum absolute atomic E-state index is 0.336. The van der Waals surface area contributed by atoms with Gasteiger partial charge < -0.3 is 14.2 Å². The first-order valence-electron chi connectivity index (χ1n) is 8.67. The highest BCUT2D eigenvalue weighted by molar-refractivity contribution is 7.09. The number of hydrogen-bond donors (Lipinski definition) is 1. The number of amides is 2. The van der Waals surface area contributed by atoms with Crippen LogP contribution in [0, 0.1) is 0 Å². The predicted molar refractivity (Wildman–Crippen MR) is 98.8 cm³/mol. The lowest BCUT2D eigenvalue weighted by molar-refractivity contribution is -0.0578. The number of rotatable bonds is 6. The number of fused-ring (bicyclic) bond motifs is 4. The van der Waals surface area contributed by atoms with Gasteiger partial charge in [-0.1, -0.05) is 19.6 Å². The van der Waals surface area contributed by atoms with Crippen LogP contribution in [-0.2, 0) is 11.5 Å². The van der Waals surface area contributed by atoms with Crippen molar-refractivity contribution in [1.29, 1.82) is 0 Å². The fourth-order valence-electron chi connectivity index (χ4n) is 3.36. The van der Waals surface area contributed by atoms with Gasteiger partial charge in [0.25, 0.3) is 0 Å². The quantitative estimate of drug-likeness (QED) is 0.463. The minimum Gasteiger partial charge on any atom is -0.361 e. The molecule has 2 aliphatic heterocycles. The number of ether oxygens (including phenoxy) is 1. The number of urea groups is 1. The molecule has 2 bridgehead atoms. The molecule has 1 N–H and O–H groups in total. The fourth-order valence-corrected chi connectivity index (χ4v) is 5.02. The first kappa shape index (κ1) is 17.7. The Kier molecular flexibility index (Phi) is 4.38. The number of nitrogens with zero attached hydrogens (tertiary/aromatic N) is 5. The van der Waals surface area contributed by atoms with E-state index in [0.717, 1.165) is 28.3 Å². The summed E-state index contributed by atoms with van der Waals surface area (Å²) >= 11 is 1.47. The number of imidazole rings is 1. The molecular formula is C16H23N5O3SSi. The molecular weight excluding hydrogens is 370 g/mol. The lowest BCUT2D eigenvalue weighted by Crippen LogP contribution is -2.36. The molecule has 0 spiro atoms. The van der Waals surface area contributed by atoms with Gasteiger partial charge in [0.15, 0.2) is 0 Å². The molecule has 0 aliphatic carbocycles. The van der Waals surface area contributed by atoms with Crippen LogP contribution < -0.4 is 0 Å². The molecule has 0 radical (unpaired) electrons. The SMILES string of the molecule is C[Si](C)(C)CCOCn1ccnc1[C@@H]1c2ncsc2[C@H]2CN1C(=O)N2O. The van der Waals surface area contributed by atoms with Crippen molar-refractivity contribution in [2.75, 3.05) is 13.2 Å². The van der Waals surface area contributed by atoms with Gasteiger partial charge in [-0.25, -0.2) is 14.8 Å². The summed E-state index contributed by atoms with van der Waals surface area (Å²) in [6.07, 6.45) is 3.58. The zero-order valence-electron chi connectivity index (χ0n) is 15.1. The lowest BCUT2D eigenvalue weighted by Gasteiger charge is -2.29. The van der Waals surface area contributed by atoms with E-state index in [4.69, 9.17) is 4.74 Å². The summed E-state index contributed by atoms with van der Waals surface area (Å²) in [5.41, 5.74) is 2.56. The first-order valence-corrected chi connectivity index (χ1v) is 13.3. The molecule has 4 heterocycles. The highest BCUT2D eigenvalue weighted by atomic mass is 32.1. The van der Waals surface area contributed by atoms with Crippen LogP contribution in [0.3, 0.4) is 0 Å². The van der Waals surface area contributed by atoms with Crippen molar-refractivity contribution in [3.63, 3.8) is 0 Å². The van der Waals surface area contributed by atoms with Gasteiger partial charge in [0.1, 0.15) is 24.6 Å². The van der Waals surface area contributed by atoms with E-state index in [1.165, 1.54) is 11.3 Å². The van der Waals surface area contributed by atoms with Crippen LogP contribution in [0.5, 0.6) is 0 Å². The van der Waals surface area contributed by atoms with Gasteiger partial charge in [0.05, 0.1) is 22.6 Å². The fraction of sp³-hybridized carbons (Fsp3) is 0.562. The summed E-state index contributed by atoms with van der Waals surface area (Å²) in [4.78, 5) is 24.0. The molecule has 2 aromatic rings. The van der Waals surface area contributed by atoms with E-state index in [1.54, 1.807) is 16.6 Å². The van der Waals surface area contributed by atoms with Crippen molar-refractivity contribution in [2.45, 2.75) is 44.5 Å². The normalized spacial score (nSPS) is 22.2. The maximum atomic E-state index is 12.5. The van der Waals surface area contributed by atoms with E-state index in [1.807, 2.05) is 10.8 Å². The van der Waals surface area contributed by atoms with Crippen LogP contribution in [0.1, 0.15) is 28.5 Å². The third-order valence-corrected chi connectivity index (χ3v) is 7.47.